The van der Waals surface area contributed by atoms with Crippen molar-refractivity contribution in [1.29, 1.82) is 0 Å². The van der Waals surface area contributed by atoms with Gasteiger partial charge in [0.2, 0.25) is 5.88 Å². The second kappa shape index (κ2) is 5.71. The highest BCUT2D eigenvalue weighted by Crippen LogP contribution is 2.26. The molecule has 0 fully saturated rings. The van der Waals surface area contributed by atoms with Gasteiger partial charge in [0, 0.05) is 5.69 Å². The predicted molar refractivity (Wildman–Crippen MR) is 69.2 cm³/mol. The van der Waals surface area contributed by atoms with Gasteiger partial charge in [0.15, 0.2) is 5.84 Å². The van der Waals surface area contributed by atoms with Crippen LogP contribution in [0.3, 0.4) is 0 Å². The van der Waals surface area contributed by atoms with Crippen LogP contribution in [0.1, 0.15) is 43.0 Å². The van der Waals surface area contributed by atoms with Crippen molar-refractivity contribution in [2.45, 2.75) is 39.0 Å². The predicted octanol–water partition coefficient (Wildman–Crippen LogP) is 1.84. The van der Waals surface area contributed by atoms with Crippen molar-refractivity contribution in [3.8, 4) is 5.88 Å². The van der Waals surface area contributed by atoms with Crippen LogP contribution in [0.5, 0.6) is 5.88 Å². The monoisotopic (exact) mass is 249 g/mol. The van der Waals surface area contributed by atoms with E-state index in [0.29, 0.717) is 18.1 Å². The van der Waals surface area contributed by atoms with Gasteiger partial charge in [-0.25, -0.2) is 4.98 Å². The second-order valence-corrected chi connectivity index (χ2v) is 4.49. The summed E-state index contributed by atoms with van der Waals surface area (Å²) >= 11 is 0. The minimum atomic E-state index is 0.0590. The minimum absolute atomic E-state index is 0.0590. The number of pyridine rings is 1. The number of aryl methyl sites for hydroxylation is 2. The van der Waals surface area contributed by atoms with Crippen molar-refractivity contribution < 1.29 is 9.94 Å². The summed E-state index contributed by atoms with van der Waals surface area (Å²) < 4.78 is 5.64. The van der Waals surface area contributed by atoms with Gasteiger partial charge in [-0.2, -0.15) is 0 Å². The molecular formula is C13H19N3O2. The fourth-order valence-corrected chi connectivity index (χ4v) is 2.11. The maximum Gasteiger partial charge on any atom is 0.224 e. The number of fused-ring (bicyclic) bond motifs is 1. The van der Waals surface area contributed by atoms with E-state index < -0.39 is 0 Å². The lowest BCUT2D eigenvalue weighted by molar-refractivity contribution is 0.295. The zero-order chi connectivity index (χ0) is 13.0. The molecule has 0 aromatic carbocycles. The average Bonchev–Trinajstić information content (AvgIpc) is 2.84. The van der Waals surface area contributed by atoms with E-state index in [2.05, 4.69) is 17.1 Å². The smallest absolute Gasteiger partial charge is 0.224 e. The zero-order valence-electron chi connectivity index (χ0n) is 10.6. The molecule has 1 aromatic rings. The number of ether oxygens (including phenoxy) is 1. The van der Waals surface area contributed by atoms with Crippen molar-refractivity contribution in [3.63, 3.8) is 0 Å². The Morgan fingerprint density at radius 2 is 2.39 bits per heavy atom. The van der Waals surface area contributed by atoms with Gasteiger partial charge in [-0.1, -0.05) is 18.5 Å². The lowest BCUT2D eigenvalue weighted by atomic mass is 10.1. The Hall–Kier alpha value is -1.78. The Balaban J connectivity index is 2.29. The fraction of sp³-hybridized carbons (Fsp3) is 0.538. The zero-order valence-corrected chi connectivity index (χ0v) is 10.6. The van der Waals surface area contributed by atoms with Crippen LogP contribution in [-0.2, 0) is 12.8 Å². The van der Waals surface area contributed by atoms with Crippen LogP contribution in [0.2, 0.25) is 0 Å². The maximum atomic E-state index is 8.81. The average molecular weight is 249 g/mol. The van der Waals surface area contributed by atoms with Crippen molar-refractivity contribution in [3.05, 3.63) is 22.9 Å². The molecule has 0 unspecified atom stereocenters. The third-order valence-electron chi connectivity index (χ3n) is 3.14. The highest BCUT2D eigenvalue weighted by molar-refractivity contribution is 5.99. The first-order chi connectivity index (χ1) is 8.76. The Labute approximate surface area is 107 Å². The van der Waals surface area contributed by atoms with Crippen molar-refractivity contribution >= 4 is 5.84 Å². The number of rotatable bonds is 5. The summed E-state index contributed by atoms with van der Waals surface area (Å²) in [6, 6.07) is 1.94. The van der Waals surface area contributed by atoms with Crippen LogP contribution in [0.15, 0.2) is 11.2 Å². The molecule has 5 nitrogen and oxygen atoms in total. The van der Waals surface area contributed by atoms with E-state index in [4.69, 9.17) is 15.7 Å². The highest BCUT2D eigenvalue weighted by Gasteiger charge is 2.19. The topological polar surface area (TPSA) is 80.7 Å². The summed E-state index contributed by atoms with van der Waals surface area (Å²) in [5.41, 5.74) is 8.52. The lowest BCUT2D eigenvalue weighted by Crippen LogP contribution is -2.17. The molecule has 0 saturated heterocycles. The van der Waals surface area contributed by atoms with Crippen LogP contribution in [0.25, 0.3) is 0 Å². The van der Waals surface area contributed by atoms with Gasteiger partial charge < -0.3 is 15.7 Å². The van der Waals surface area contributed by atoms with E-state index in [1.807, 2.05) is 6.07 Å². The van der Waals surface area contributed by atoms with Crippen molar-refractivity contribution in [2.75, 3.05) is 6.61 Å². The summed E-state index contributed by atoms with van der Waals surface area (Å²) in [6.45, 7) is 2.71. The molecular weight excluding hydrogens is 230 g/mol. The van der Waals surface area contributed by atoms with Gasteiger partial charge in [0.25, 0.3) is 0 Å². The highest BCUT2D eigenvalue weighted by atomic mass is 16.5. The van der Waals surface area contributed by atoms with Gasteiger partial charge in [-0.05, 0) is 37.3 Å². The molecule has 0 radical (unpaired) electrons. The number of aromatic nitrogens is 1. The molecule has 98 valence electrons. The molecule has 0 aliphatic heterocycles. The SMILES string of the molecule is CCCCOc1nc2c(cc1C(N)=NO)CCC2. The molecule has 5 heteroatoms. The molecule has 0 amide bonds. The van der Waals surface area contributed by atoms with E-state index in [0.717, 1.165) is 37.8 Å². The summed E-state index contributed by atoms with van der Waals surface area (Å²) in [7, 11) is 0. The van der Waals surface area contributed by atoms with E-state index in [1.165, 1.54) is 5.56 Å². The Morgan fingerprint density at radius 3 is 3.11 bits per heavy atom. The lowest BCUT2D eigenvalue weighted by Gasteiger charge is -2.11. The van der Waals surface area contributed by atoms with Gasteiger partial charge in [0.05, 0.1) is 12.2 Å². The van der Waals surface area contributed by atoms with E-state index >= 15 is 0 Å². The Bertz CT molecular complexity index is 458. The molecule has 0 spiro atoms. The van der Waals surface area contributed by atoms with Crippen LogP contribution in [-0.4, -0.2) is 22.6 Å². The number of nitrogens with two attached hydrogens (primary N) is 1. The third kappa shape index (κ3) is 2.55. The number of unbranched alkanes of at least 4 members (excludes halogenated alkanes) is 1. The molecule has 2 rings (SSSR count). The van der Waals surface area contributed by atoms with Crippen LogP contribution < -0.4 is 10.5 Å². The van der Waals surface area contributed by atoms with E-state index in [-0.39, 0.29) is 5.84 Å². The van der Waals surface area contributed by atoms with Crippen LogP contribution in [0, 0.1) is 0 Å². The first kappa shape index (κ1) is 12.7. The summed E-state index contributed by atoms with van der Waals surface area (Å²) in [4.78, 5) is 4.50. The Kier molecular flexibility index (Phi) is 4.02. The molecule has 1 aliphatic rings. The number of nitrogens with zero attached hydrogens (tertiary/aromatic N) is 2. The molecule has 3 N–H and O–H groups in total. The Morgan fingerprint density at radius 1 is 1.56 bits per heavy atom. The number of hydrogen-bond donors (Lipinski definition) is 2. The molecule has 1 heterocycles. The normalized spacial score (nSPS) is 14.6. The van der Waals surface area contributed by atoms with Crippen molar-refractivity contribution in [1.82, 2.24) is 4.98 Å². The summed E-state index contributed by atoms with van der Waals surface area (Å²) in [5.74, 6) is 0.545. The fourth-order valence-electron chi connectivity index (χ4n) is 2.11. The van der Waals surface area contributed by atoms with Gasteiger partial charge >= 0.3 is 0 Å². The minimum Gasteiger partial charge on any atom is -0.477 e. The number of hydrogen-bond acceptors (Lipinski definition) is 4. The van der Waals surface area contributed by atoms with Gasteiger partial charge in [0.1, 0.15) is 0 Å². The molecule has 18 heavy (non-hydrogen) atoms. The van der Waals surface area contributed by atoms with Gasteiger partial charge in [-0.3, -0.25) is 0 Å². The molecule has 1 aliphatic carbocycles. The molecule has 0 bridgehead atoms. The first-order valence-corrected chi connectivity index (χ1v) is 6.39. The van der Waals surface area contributed by atoms with E-state index in [1.54, 1.807) is 0 Å². The van der Waals surface area contributed by atoms with E-state index in [9.17, 15) is 0 Å². The largest absolute Gasteiger partial charge is 0.477 e. The van der Waals surface area contributed by atoms with Gasteiger partial charge in [-0.15, -0.1) is 0 Å². The van der Waals surface area contributed by atoms with Crippen LogP contribution >= 0.6 is 0 Å². The number of oxime groups is 1. The maximum absolute atomic E-state index is 8.81. The number of amidine groups is 1. The molecule has 1 aromatic heterocycles. The summed E-state index contributed by atoms with van der Waals surface area (Å²) in [6.07, 6.45) is 5.12. The standard InChI is InChI=1S/C13H19N3O2/c1-2-3-7-18-13-10(12(14)16-17)8-9-5-4-6-11(9)15-13/h8,17H,2-7H2,1H3,(H2,14,16). The van der Waals surface area contributed by atoms with Crippen molar-refractivity contribution in [2.24, 2.45) is 10.9 Å². The molecule has 0 atom stereocenters. The molecule has 0 saturated carbocycles. The van der Waals surface area contributed by atoms with Crippen LogP contribution in [0.4, 0.5) is 0 Å². The second-order valence-electron chi connectivity index (χ2n) is 4.49. The third-order valence-corrected chi connectivity index (χ3v) is 3.14. The first-order valence-electron chi connectivity index (χ1n) is 6.39. The quantitative estimate of drug-likeness (QED) is 0.274. The summed E-state index contributed by atoms with van der Waals surface area (Å²) in [5, 5.41) is 11.9.